The second kappa shape index (κ2) is 7.49. The molecule has 1 heterocycles. The predicted octanol–water partition coefficient (Wildman–Crippen LogP) is 6.35. The Morgan fingerprint density at radius 1 is 0.696 bits per heavy atom. The van der Waals surface area contributed by atoms with E-state index < -0.39 is 7.59 Å². The highest BCUT2D eigenvalue weighted by Gasteiger charge is 2.33. The van der Waals surface area contributed by atoms with Gasteiger partial charge in [0.2, 0.25) is 7.59 Å². The van der Waals surface area contributed by atoms with Crippen molar-refractivity contribution in [3.05, 3.63) is 52.3 Å². The maximum atomic E-state index is 5.83. The standard InChI is InChI=1S/C13H6Cl7N3/c14-8-4-1-7(2-5-8)3-6-9-21-10(12(15,16)17)23-11(22-9)13(18,19)20/h1-6H/b6-3+. The molecule has 0 radical (unpaired) electrons. The minimum absolute atomic E-state index is 0.144. The minimum Gasteiger partial charge on any atom is -0.209 e. The molecule has 0 fully saturated rings. The molecule has 1 aromatic carbocycles. The molecule has 0 saturated heterocycles. The molecule has 2 aromatic rings. The van der Waals surface area contributed by atoms with Gasteiger partial charge in [0.05, 0.1) is 0 Å². The summed E-state index contributed by atoms with van der Waals surface area (Å²) in [4.78, 5) is 12.0. The van der Waals surface area contributed by atoms with Crippen LogP contribution < -0.4 is 0 Å². The van der Waals surface area contributed by atoms with Crippen LogP contribution in [0.25, 0.3) is 12.2 Å². The van der Waals surface area contributed by atoms with Crippen molar-refractivity contribution >= 4 is 93.4 Å². The van der Waals surface area contributed by atoms with Crippen molar-refractivity contribution < 1.29 is 0 Å². The second-order valence-corrected chi connectivity index (χ2v) is 9.22. The van der Waals surface area contributed by atoms with Gasteiger partial charge in [0.1, 0.15) is 0 Å². The van der Waals surface area contributed by atoms with Crippen LogP contribution in [0.2, 0.25) is 5.02 Å². The highest BCUT2D eigenvalue weighted by atomic mass is 35.6. The van der Waals surface area contributed by atoms with Gasteiger partial charge in [0.15, 0.2) is 17.5 Å². The number of alkyl halides is 6. The van der Waals surface area contributed by atoms with E-state index in [-0.39, 0.29) is 17.5 Å². The summed E-state index contributed by atoms with van der Waals surface area (Å²) >= 11 is 40.6. The number of halogens is 7. The van der Waals surface area contributed by atoms with Crippen LogP contribution in [0.4, 0.5) is 0 Å². The van der Waals surface area contributed by atoms with E-state index in [1.165, 1.54) is 0 Å². The van der Waals surface area contributed by atoms with Crippen molar-refractivity contribution in [3.8, 4) is 0 Å². The van der Waals surface area contributed by atoms with Crippen molar-refractivity contribution in [3.63, 3.8) is 0 Å². The third-order valence-electron chi connectivity index (χ3n) is 2.45. The molecular weight excluding hydrogens is 446 g/mol. The second-order valence-electron chi connectivity index (χ2n) is 4.22. The Morgan fingerprint density at radius 3 is 1.61 bits per heavy atom. The summed E-state index contributed by atoms with van der Waals surface area (Å²) < 4.78 is -3.76. The molecule has 0 spiro atoms. The molecule has 1 aromatic heterocycles. The Kier molecular flexibility index (Phi) is 6.29. The number of aromatic nitrogens is 3. The van der Waals surface area contributed by atoms with Crippen LogP contribution in [0, 0.1) is 0 Å². The zero-order valence-electron chi connectivity index (χ0n) is 11.0. The molecule has 0 amide bonds. The van der Waals surface area contributed by atoms with Gasteiger partial charge < -0.3 is 0 Å². The number of hydrogen-bond donors (Lipinski definition) is 0. The van der Waals surface area contributed by atoms with Gasteiger partial charge in [0.25, 0.3) is 0 Å². The number of hydrogen-bond acceptors (Lipinski definition) is 3. The molecule has 0 atom stereocenters. The third kappa shape index (κ3) is 5.79. The van der Waals surface area contributed by atoms with Gasteiger partial charge in [-0.25, -0.2) is 15.0 Å². The van der Waals surface area contributed by atoms with Gasteiger partial charge in [0, 0.05) is 5.02 Å². The Bertz CT molecular complexity index is 686. The lowest BCUT2D eigenvalue weighted by Crippen LogP contribution is -2.16. The highest BCUT2D eigenvalue weighted by Crippen LogP contribution is 2.39. The molecule has 122 valence electrons. The van der Waals surface area contributed by atoms with Crippen LogP contribution in [0.1, 0.15) is 23.0 Å². The van der Waals surface area contributed by atoms with Crippen LogP contribution in [0.3, 0.4) is 0 Å². The van der Waals surface area contributed by atoms with Gasteiger partial charge >= 0.3 is 0 Å². The molecule has 10 heteroatoms. The van der Waals surface area contributed by atoms with Crippen molar-refractivity contribution in [2.45, 2.75) is 7.59 Å². The first-order valence-electron chi connectivity index (χ1n) is 5.90. The van der Waals surface area contributed by atoms with Gasteiger partial charge in [-0.1, -0.05) is 99.4 Å². The van der Waals surface area contributed by atoms with E-state index in [0.29, 0.717) is 5.02 Å². The Labute approximate surface area is 167 Å². The summed E-state index contributed by atoms with van der Waals surface area (Å²) in [5.74, 6) is -0.109. The van der Waals surface area contributed by atoms with Crippen molar-refractivity contribution in [2.24, 2.45) is 0 Å². The van der Waals surface area contributed by atoms with E-state index in [0.717, 1.165) is 5.56 Å². The van der Waals surface area contributed by atoms with E-state index in [9.17, 15) is 0 Å². The van der Waals surface area contributed by atoms with E-state index in [4.69, 9.17) is 81.2 Å². The molecule has 0 bridgehead atoms. The molecule has 0 aliphatic carbocycles. The lowest BCUT2D eigenvalue weighted by molar-refractivity contribution is 0.835. The number of rotatable bonds is 2. The van der Waals surface area contributed by atoms with Gasteiger partial charge in [-0.2, -0.15) is 0 Å². The molecule has 0 aliphatic heterocycles. The maximum absolute atomic E-state index is 5.83. The van der Waals surface area contributed by atoms with Crippen LogP contribution in [-0.2, 0) is 7.59 Å². The fourth-order valence-corrected chi connectivity index (χ4v) is 2.10. The maximum Gasteiger partial charge on any atom is 0.250 e. The van der Waals surface area contributed by atoms with E-state index in [2.05, 4.69) is 15.0 Å². The molecule has 23 heavy (non-hydrogen) atoms. The van der Waals surface area contributed by atoms with Gasteiger partial charge in [-0.3, -0.25) is 0 Å². The van der Waals surface area contributed by atoms with Crippen molar-refractivity contribution in [1.82, 2.24) is 15.0 Å². The average molecular weight is 452 g/mol. The molecular formula is C13H6Cl7N3. The van der Waals surface area contributed by atoms with Crippen LogP contribution in [-0.4, -0.2) is 15.0 Å². The molecule has 0 unspecified atom stereocenters. The zero-order valence-corrected chi connectivity index (χ0v) is 16.2. The molecule has 0 saturated carbocycles. The highest BCUT2D eigenvalue weighted by molar-refractivity contribution is 6.67. The summed E-state index contributed by atoms with van der Waals surface area (Å²) in [6.07, 6.45) is 3.31. The van der Waals surface area contributed by atoms with Crippen LogP contribution in [0.5, 0.6) is 0 Å². The first-order valence-corrected chi connectivity index (χ1v) is 8.54. The topological polar surface area (TPSA) is 38.7 Å². The largest absolute Gasteiger partial charge is 0.250 e. The molecule has 2 rings (SSSR count). The fraction of sp³-hybridized carbons (Fsp3) is 0.154. The SMILES string of the molecule is Clc1ccc(/C=C/c2nc(C(Cl)(Cl)Cl)nc(C(Cl)(Cl)Cl)n2)cc1. The summed E-state index contributed by atoms with van der Waals surface area (Å²) in [6.45, 7) is 0. The predicted molar refractivity (Wildman–Crippen MR) is 98.7 cm³/mol. The molecule has 0 aliphatic rings. The molecule has 3 nitrogen and oxygen atoms in total. The van der Waals surface area contributed by atoms with E-state index >= 15 is 0 Å². The summed E-state index contributed by atoms with van der Waals surface area (Å²) in [6, 6.07) is 7.11. The van der Waals surface area contributed by atoms with Crippen LogP contribution >= 0.6 is 81.2 Å². The zero-order chi connectivity index (χ0) is 17.3. The van der Waals surface area contributed by atoms with E-state index in [1.807, 2.05) is 12.1 Å². The van der Waals surface area contributed by atoms with Gasteiger partial charge in [-0.15, -0.1) is 0 Å². The van der Waals surface area contributed by atoms with E-state index in [1.54, 1.807) is 24.3 Å². The number of nitrogens with zero attached hydrogens (tertiary/aromatic N) is 3. The first kappa shape index (κ1) is 19.3. The quantitative estimate of drug-likeness (QED) is 0.499. The van der Waals surface area contributed by atoms with Crippen LogP contribution in [0.15, 0.2) is 24.3 Å². The minimum atomic E-state index is -1.88. The lowest BCUT2D eigenvalue weighted by atomic mass is 10.2. The Morgan fingerprint density at radius 2 is 1.17 bits per heavy atom. The normalized spacial score (nSPS) is 12.8. The van der Waals surface area contributed by atoms with Crippen molar-refractivity contribution in [2.75, 3.05) is 0 Å². The lowest BCUT2D eigenvalue weighted by Gasteiger charge is -2.14. The Balaban J connectivity index is 2.43. The number of benzene rings is 1. The molecule has 0 N–H and O–H groups in total. The third-order valence-corrected chi connectivity index (χ3v) is 3.72. The van der Waals surface area contributed by atoms with Crippen molar-refractivity contribution in [1.29, 1.82) is 0 Å². The summed E-state index contributed by atoms with van der Waals surface area (Å²) in [5, 5.41) is 0.624. The summed E-state index contributed by atoms with van der Waals surface area (Å²) in [5.41, 5.74) is 0.862. The smallest absolute Gasteiger partial charge is 0.209 e. The average Bonchev–Trinajstić information content (AvgIpc) is 2.44. The summed E-state index contributed by atoms with van der Waals surface area (Å²) in [7, 11) is 0. The monoisotopic (exact) mass is 449 g/mol. The fourth-order valence-electron chi connectivity index (χ4n) is 1.47. The first-order chi connectivity index (χ1) is 10.6. The van der Waals surface area contributed by atoms with Gasteiger partial charge in [-0.05, 0) is 23.8 Å². The Hall–Kier alpha value is -0.000000000000000278.